The van der Waals surface area contributed by atoms with Crippen LogP contribution in [-0.4, -0.2) is 30.7 Å². The molecule has 0 spiro atoms. The molecule has 1 heterocycles. The van der Waals surface area contributed by atoms with Crippen LogP contribution >= 0.6 is 0 Å². The van der Waals surface area contributed by atoms with Crippen molar-refractivity contribution in [3.8, 4) is 0 Å². The molecule has 0 aliphatic carbocycles. The molecule has 62 valence electrons. The Morgan fingerprint density at radius 3 is 2.64 bits per heavy atom. The minimum atomic E-state index is -0.561. The van der Waals surface area contributed by atoms with E-state index in [1.165, 1.54) is 6.92 Å². The molecule has 2 atom stereocenters. The average Bonchev–Trinajstić information content (AvgIpc) is 2.61. The van der Waals surface area contributed by atoms with E-state index in [1.54, 1.807) is 0 Å². The number of carbonyl (C=O) groups is 2. The molecule has 0 aromatic heterocycles. The Balaban J connectivity index is 2.14. The quantitative estimate of drug-likeness (QED) is 0.414. The molecule has 1 aliphatic heterocycles. The third-order valence-corrected chi connectivity index (χ3v) is 1.31. The van der Waals surface area contributed by atoms with Crippen molar-refractivity contribution in [1.82, 2.24) is 0 Å². The Kier molecular flexibility index (Phi) is 2.09. The molecule has 1 aliphatic rings. The van der Waals surface area contributed by atoms with Gasteiger partial charge in [0.1, 0.15) is 12.7 Å². The maximum Gasteiger partial charge on any atom is 0.302 e. The molecule has 2 N–H and O–H groups in total. The summed E-state index contributed by atoms with van der Waals surface area (Å²) in [5.74, 6) is -0.897. The number of amides is 1. The second-order valence-electron chi connectivity index (χ2n) is 2.30. The van der Waals surface area contributed by atoms with Crippen LogP contribution in [0.4, 0.5) is 0 Å². The van der Waals surface area contributed by atoms with E-state index in [9.17, 15) is 9.59 Å². The first-order valence-corrected chi connectivity index (χ1v) is 3.19. The number of hydrogen-bond donors (Lipinski definition) is 1. The second kappa shape index (κ2) is 2.87. The predicted molar refractivity (Wildman–Crippen MR) is 34.5 cm³/mol. The molecule has 0 bridgehead atoms. The van der Waals surface area contributed by atoms with Crippen molar-refractivity contribution in [3.63, 3.8) is 0 Å². The van der Waals surface area contributed by atoms with Gasteiger partial charge < -0.3 is 15.2 Å². The highest BCUT2D eigenvalue weighted by molar-refractivity contribution is 5.81. The number of carbonyl (C=O) groups excluding carboxylic acids is 2. The highest BCUT2D eigenvalue weighted by Gasteiger charge is 2.44. The Morgan fingerprint density at radius 1 is 1.64 bits per heavy atom. The number of primary amides is 1. The topological polar surface area (TPSA) is 81.9 Å². The van der Waals surface area contributed by atoms with Crippen LogP contribution in [0.5, 0.6) is 0 Å². The van der Waals surface area contributed by atoms with E-state index < -0.39 is 12.0 Å². The largest absolute Gasteiger partial charge is 0.463 e. The summed E-state index contributed by atoms with van der Waals surface area (Å²) in [5, 5.41) is 0. The van der Waals surface area contributed by atoms with Gasteiger partial charge in [-0.05, 0) is 0 Å². The number of esters is 1. The zero-order valence-electron chi connectivity index (χ0n) is 6.07. The van der Waals surface area contributed by atoms with Crippen LogP contribution in [0.1, 0.15) is 6.92 Å². The van der Waals surface area contributed by atoms with Gasteiger partial charge in [-0.15, -0.1) is 0 Å². The summed E-state index contributed by atoms with van der Waals surface area (Å²) in [6, 6.07) is 0. The van der Waals surface area contributed by atoms with Gasteiger partial charge in [-0.1, -0.05) is 0 Å². The molecule has 0 aromatic rings. The Morgan fingerprint density at radius 2 is 2.27 bits per heavy atom. The first-order valence-electron chi connectivity index (χ1n) is 3.19. The van der Waals surface area contributed by atoms with Gasteiger partial charge in [0.2, 0.25) is 5.91 Å². The van der Waals surface area contributed by atoms with Gasteiger partial charge in [-0.3, -0.25) is 9.59 Å². The predicted octanol–water partition coefficient (Wildman–Crippen LogP) is -1.20. The maximum atomic E-state index is 10.4. The minimum Gasteiger partial charge on any atom is -0.463 e. The van der Waals surface area contributed by atoms with E-state index in [0.717, 1.165) is 0 Å². The smallest absolute Gasteiger partial charge is 0.302 e. The van der Waals surface area contributed by atoms with E-state index in [0.29, 0.717) is 0 Å². The molecule has 5 nitrogen and oxygen atoms in total. The van der Waals surface area contributed by atoms with Crippen molar-refractivity contribution in [1.29, 1.82) is 0 Å². The molecule has 11 heavy (non-hydrogen) atoms. The van der Waals surface area contributed by atoms with Crippen molar-refractivity contribution >= 4 is 11.9 Å². The third kappa shape index (κ3) is 2.19. The SMILES string of the molecule is CC(=O)OC[C@@H]1O[C@H]1C(N)=O. The number of epoxide rings is 1. The molecule has 1 fully saturated rings. The molecular formula is C6H9NO4. The van der Waals surface area contributed by atoms with Crippen molar-refractivity contribution in [2.45, 2.75) is 19.1 Å². The molecular weight excluding hydrogens is 150 g/mol. The molecule has 0 unspecified atom stereocenters. The van der Waals surface area contributed by atoms with Crippen LogP contribution in [0.2, 0.25) is 0 Å². The lowest BCUT2D eigenvalue weighted by Crippen LogP contribution is -2.21. The van der Waals surface area contributed by atoms with Crippen LogP contribution in [0.3, 0.4) is 0 Å². The molecule has 1 rings (SSSR count). The zero-order chi connectivity index (χ0) is 8.43. The summed E-state index contributed by atoms with van der Waals surface area (Å²) in [5.41, 5.74) is 4.89. The van der Waals surface area contributed by atoms with Gasteiger partial charge in [0.25, 0.3) is 0 Å². The van der Waals surface area contributed by atoms with Crippen LogP contribution in [0.15, 0.2) is 0 Å². The zero-order valence-corrected chi connectivity index (χ0v) is 6.07. The molecule has 5 heteroatoms. The van der Waals surface area contributed by atoms with E-state index in [2.05, 4.69) is 4.74 Å². The normalized spacial score (nSPS) is 27.7. The first kappa shape index (κ1) is 8.00. The lowest BCUT2D eigenvalue weighted by molar-refractivity contribution is -0.141. The molecule has 1 saturated heterocycles. The highest BCUT2D eigenvalue weighted by atomic mass is 16.6. The van der Waals surface area contributed by atoms with Crippen molar-refractivity contribution in [3.05, 3.63) is 0 Å². The number of rotatable bonds is 3. The van der Waals surface area contributed by atoms with E-state index >= 15 is 0 Å². The van der Waals surface area contributed by atoms with Gasteiger partial charge in [0.05, 0.1) is 0 Å². The summed E-state index contributed by atoms with van der Waals surface area (Å²) < 4.78 is 9.35. The standard InChI is InChI=1S/C6H9NO4/c1-3(8)10-2-4-5(11-4)6(7)9/h4-5H,2H2,1H3,(H2,7,9)/t4-,5+/m0/s1. The first-order chi connectivity index (χ1) is 5.11. The number of nitrogens with two attached hydrogens (primary N) is 1. The lowest BCUT2D eigenvalue weighted by Gasteiger charge is -1.94. The number of hydrogen-bond acceptors (Lipinski definition) is 4. The molecule has 1 amide bonds. The van der Waals surface area contributed by atoms with Crippen LogP contribution in [0, 0.1) is 0 Å². The monoisotopic (exact) mass is 159 g/mol. The highest BCUT2D eigenvalue weighted by Crippen LogP contribution is 2.21. The van der Waals surface area contributed by atoms with Crippen molar-refractivity contribution < 1.29 is 19.1 Å². The Bertz CT molecular complexity index is 191. The van der Waals surface area contributed by atoms with E-state index in [-0.39, 0.29) is 18.7 Å². The van der Waals surface area contributed by atoms with Crippen LogP contribution in [0.25, 0.3) is 0 Å². The number of ether oxygens (including phenoxy) is 2. The van der Waals surface area contributed by atoms with E-state index in [4.69, 9.17) is 10.5 Å². The van der Waals surface area contributed by atoms with Gasteiger partial charge in [0, 0.05) is 6.92 Å². The van der Waals surface area contributed by atoms with Crippen molar-refractivity contribution in [2.24, 2.45) is 5.73 Å². The lowest BCUT2D eigenvalue weighted by atomic mass is 10.3. The van der Waals surface area contributed by atoms with Crippen LogP contribution < -0.4 is 5.73 Å². The second-order valence-corrected chi connectivity index (χ2v) is 2.30. The fourth-order valence-corrected chi connectivity index (χ4v) is 0.719. The fourth-order valence-electron chi connectivity index (χ4n) is 0.719. The van der Waals surface area contributed by atoms with E-state index in [1.807, 2.05) is 0 Å². The van der Waals surface area contributed by atoms with Gasteiger partial charge in [0.15, 0.2) is 6.10 Å². The van der Waals surface area contributed by atoms with Crippen molar-refractivity contribution in [2.75, 3.05) is 6.61 Å². The summed E-state index contributed by atoms with van der Waals surface area (Å²) >= 11 is 0. The maximum absolute atomic E-state index is 10.4. The molecule has 0 saturated carbocycles. The molecule has 0 radical (unpaired) electrons. The Hall–Kier alpha value is -1.10. The van der Waals surface area contributed by atoms with Gasteiger partial charge >= 0.3 is 5.97 Å². The van der Waals surface area contributed by atoms with Gasteiger partial charge in [-0.25, -0.2) is 0 Å². The molecule has 0 aromatic carbocycles. The summed E-state index contributed by atoms with van der Waals surface area (Å²) in [4.78, 5) is 20.6. The minimum absolute atomic E-state index is 0.114. The third-order valence-electron chi connectivity index (χ3n) is 1.31. The van der Waals surface area contributed by atoms with Crippen LogP contribution in [-0.2, 0) is 19.1 Å². The summed E-state index contributed by atoms with van der Waals surface area (Å²) in [6.07, 6.45) is -0.884. The Labute approximate surface area is 63.4 Å². The summed E-state index contributed by atoms with van der Waals surface area (Å²) in [7, 11) is 0. The summed E-state index contributed by atoms with van der Waals surface area (Å²) in [6.45, 7) is 1.41. The van der Waals surface area contributed by atoms with Gasteiger partial charge in [-0.2, -0.15) is 0 Å². The fraction of sp³-hybridized carbons (Fsp3) is 0.667. The average molecular weight is 159 g/mol.